The summed E-state index contributed by atoms with van der Waals surface area (Å²) in [6, 6.07) is 13.4. The van der Waals surface area contributed by atoms with E-state index in [0.29, 0.717) is 42.3 Å². The lowest BCUT2D eigenvalue weighted by molar-refractivity contribution is 0.0706. The van der Waals surface area contributed by atoms with Crippen LogP contribution in [0.4, 0.5) is 0 Å². The molecular formula is C29H31N3O4. The number of aliphatic imine (C=N–C) groups is 1. The molecule has 0 bridgehead atoms. The zero-order valence-electron chi connectivity index (χ0n) is 21.0. The van der Waals surface area contributed by atoms with E-state index in [1.807, 2.05) is 49.1 Å². The average Bonchev–Trinajstić information content (AvgIpc) is 3.55. The lowest BCUT2D eigenvalue weighted by atomic mass is 9.90. The monoisotopic (exact) mass is 485 g/mol. The Morgan fingerprint density at radius 2 is 1.92 bits per heavy atom. The Balaban J connectivity index is 1.28. The molecule has 0 unspecified atom stereocenters. The number of carbonyl (C=O) groups excluding carboxylic acids is 1. The topological polar surface area (TPSA) is 88.2 Å². The van der Waals surface area contributed by atoms with Crippen LogP contribution < -0.4 is 4.74 Å². The highest BCUT2D eigenvalue weighted by Gasteiger charge is 2.30. The van der Waals surface area contributed by atoms with Gasteiger partial charge >= 0.3 is 0 Å². The minimum atomic E-state index is -0.136. The number of aromatic nitrogens is 1. The number of hydrogen-bond donors (Lipinski definition) is 1. The highest BCUT2D eigenvalue weighted by Crippen LogP contribution is 2.37. The molecule has 5 rings (SSSR count). The number of phenolic OH excluding ortho intramolecular Hbond substituents is 1. The van der Waals surface area contributed by atoms with Crippen LogP contribution in [0.5, 0.6) is 11.5 Å². The Bertz CT molecular complexity index is 1330. The van der Waals surface area contributed by atoms with Gasteiger partial charge in [0, 0.05) is 42.3 Å². The van der Waals surface area contributed by atoms with Crippen molar-refractivity contribution in [2.75, 3.05) is 20.2 Å². The first-order chi connectivity index (χ1) is 17.5. The minimum absolute atomic E-state index is 0.0243. The van der Waals surface area contributed by atoms with Gasteiger partial charge in [-0.15, -0.1) is 0 Å². The first kappa shape index (κ1) is 23.9. The van der Waals surface area contributed by atoms with E-state index in [2.05, 4.69) is 11.2 Å². The molecule has 1 amide bonds. The molecule has 3 heterocycles. The molecule has 7 heteroatoms. The van der Waals surface area contributed by atoms with Gasteiger partial charge in [0.15, 0.2) is 0 Å². The van der Waals surface area contributed by atoms with Gasteiger partial charge in [-0.3, -0.25) is 9.79 Å². The van der Waals surface area contributed by atoms with E-state index < -0.39 is 0 Å². The Morgan fingerprint density at radius 1 is 1.17 bits per heavy atom. The van der Waals surface area contributed by atoms with Gasteiger partial charge in [0.05, 0.1) is 23.9 Å². The molecule has 2 aliphatic heterocycles. The maximum Gasteiger partial charge on any atom is 0.257 e. The van der Waals surface area contributed by atoms with Crippen molar-refractivity contribution in [2.45, 2.75) is 39.5 Å². The van der Waals surface area contributed by atoms with Gasteiger partial charge in [-0.25, -0.2) is 0 Å². The number of piperidine rings is 1. The predicted molar refractivity (Wildman–Crippen MR) is 139 cm³/mol. The Kier molecular flexibility index (Phi) is 6.63. The number of phenols is 1. The second-order valence-corrected chi connectivity index (χ2v) is 9.29. The fraction of sp³-hybridized carbons (Fsp3) is 0.345. The van der Waals surface area contributed by atoms with Crippen LogP contribution in [0.25, 0.3) is 17.0 Å². The van der Waals surface area contributed by atoms with E-state index in [4.69, 9.17) is 14.3 Å². The molecule has 7 nitrogen and oxygen atoms in total. The summed E-state index contributed by atoms with van der Waals surface area (Å²) >= 11 is 0. The predicted octanol–water partition coefficient (Wildman–Crippen LogP) is 5.66. The van der Waals surface area contributed by atoms with Crippen molar-refractivity contribution >= 4 is 17.3 Å². The summed E-state index contributed by atoms with van der Waals surface area (Å²) in [4.78, 5) is 20.0. The summed E-state index contributed by atoms with van der Waals surface area (Å²) in [7, 11) is 1.57. The van der Waals surface area contributed by atoms with E-state index in [1.54, 1.807) is 19.2 Å². The quantitative estimate of drug-likeness (QED) is 0.486. The van der Waals surface area contributed by atoms with Gasteiger partial charge in [-0.2, -0.15) is 0 Å². The summed E-state index contributed by atoms with van der Waals surface area (Å²) in [6.07, 6.45) is 5.23. The molecular weight excluding hydrogens is 454 g/mol. The van der Waals surface area contributed by atoms with E-state index in [9.17, 15) is 9.90 Å². The first-order valence-corrected chi connectivity index (χ1v) is 12.5. The van der Waals surface area contributed by atoms with Crippen molar-refractivity contribution in [1.29, 1.82) is 0 Å². The molecule has 186 valence electrons. The zero-order valence-corrected chi connectivity index (χ0v) is 21.0. The average molecular weight is 486 g/mol. The summed E-state index contributed by atoms with van der Waals surface area (Å²) in [5.41, 5.74) is 5.84. The summed E-state index contributed by atoms with van der Waals surface area (Å²) in [5, 5.41) is 15.0. The van der Waals surface area contributed by atoms with Crippen molar-refractivity contribution in [3.63, 3.8) is 0 Å². The van der Waals surface area contributed by atoms with Gasteiger partial charge in [-0.1, -0.05) is 48.5 Å². The number of allylic oxidation sites excluding steroid dienone is 1. The van der Waals surface area contributed by atoms with E-state index in [1.165, 1.54) is 0 Å². The van der Waals surface area contributed by atoms with Gasteiger partial charge in [-0.05, 0) is 38.3 Å². The lowest BCUT2D eigenvalue weighted by Gasteiger charge is -2.32. The third-order valence-corrected chi connectivity index (χ3v) is 7.23. The van der Waals surface area contributed by atoms with Gasteiger partial charge in [0.2, 0.25) is 0 Å². The number of amides is 1. The standard InChI is InChI=1S/C29H31N3O4/c1-4-21-25(35-3)13-10-22(28(21)33)29(34)32-16-14-19(15-17-32)23-11-12-24(30-23)26-18(2)36-31-27(26)20-8-6-5-7-9-20/h5-10,12-13,19,33H,4,11,14-17H2,1-3H3. The van der Waals surface area contributed by atoms with Crippen LogP contribution in [0.1, 0.15) is 53.4 Å². The number of aromatic hydroxyl groups is 1. The number of carbonyl (C=O) groups is 1. The number of benzene rings is 2. The van der Waals surface area contributed by atoms with Crippen LogP contribution in [-0.2, 0) is 6.42 Å². The maximum absolute atomic E-state index is 13.2. The van der Waals surface area contributed by atoms with Crippen LogP contribution in [0.3, 0.4) is 0 Å². The number of methoxy groups -OCH3 is 1. The number of nitrogens with zero attached hydrogens (tertiary/aromatic N) is 3. The normalized spacial score (nSPS) is 16.1. The summed E-state index contributed by atoms with van der Waals surface area (Å²) < 4.78 is 10.9. The van der Waals surface area contributed by atoms with Crippen molar-refractivity contribution in [1.82, 2.24) is 10.1 Å². The second-order valence-electron chi connectivity index (χ2n) is 9.29. The van der Waals surface area contributed by atoms with Gasteiger partial charge < -0.3 is 19.3 Å². The van der Waals surface area contributed by atoms with Crippen molar-refractivity contribution in [3.05, 3.63) is 71.0 Å². The van der Waals surface area contributed by atoms with Gasteiger partial charge in [0.1, 0.15) is 23.0 Å². The molecule has 0 spiro atoms. The number of hydrogen-bond acceptors (Lipinski definition) is 6. The number of aryl methyl sites for hydroxylation is 1. The first-order valence-electron chi connectivity index (χ1n) is 12.5. The molecule has 36 heavy (non-hydrogen) atoms. The smallest absolute Gasteiger partial charge is 0.257 e. The zero-order chi connectivity index (χ0) is 25.2. The van der Waals surface area contributed by atoms with E-state index in [0.717, 1.165) is 53.3 Å². The highest BCUT2D eigenvalue weighted by molar-refractivity contribution is 6.00. The molecule has 1 fully saturated rings. The fourth-order valence-electron chi connectivity index (χ4n) is 5.24. The van der Waals surface area contributed by atoms with Crippen LogP contribution >= 0.6 is 0 Å². The molecule has 0 saturated carbocycles. The highest BCUT2D eigenvalue weighted by atomic mass is 16.5. The van der Waals surface area contributed by atoms with E-state index in [-0.39, 0.29) is 11.7 Å². The fourth-order valence-corrected chi connectivity index (χ4v) is 5.24. The molecule has 2 aromatic carbocycles. The van der Waals surface area contributed by atoms with Crippen molar-refractivity contribution in [2.24, 2.45) is 10.9 Å². The second kappa shape index (κ2) is 10.0. The number of rotatable bonds is 6. The Morgan fingerprint density at radius 3 is 2.61 bits per heavy atom. The molecule has 1 saturated heterocycles. The molecule has 0 radical (unpaired) electrons. The van der Waals surface area contributed by atoms with Crippen LogP contribution in [0.15, 0.2) is 58.1 Å². The molecule has 2 aliphatic rings. The van der Waals surface area contributed by atoms with Crippen LogP contribution in [0.2, 0.25) is 0 Å². The van der Waals surface area contributed by atoms with Crippen molar-refractivity contribution < 1.29 is 19.2 Å². The van der Waals surface area contributed by atoms with Crippen molar-refractivity contribution in [3.8, 4) is 22.8 Å². The van der Waals surface area contributed by atoms with Crippen LogP contribution in [0, 0.1) is 12.8 Å². The van der Waals surface area contributed by atoms with Gasteiger partial charge in [0.25, 0.3) is 5.91 Å². The minimum Gasteiger partial charge on any atom is -0.507 e. The van der Waals surface area contributed by atoms with E-state index >= 15 is 0 Å². The molecule has 0 atom stereocenters. The van der Waals surface area contributed by atoms with Crippen LogP contribution in [-0.4, -0.2) is 47.0 Å². The summed E-state index contributed by atoms with van der Waals surface area (Å²) in [5.74, 6) is 1.57. The Hall–Kier alpha value is -3.87. The third-order valence-electron chi connectivity index (χ3n) is 7.23. The molecule has 1 N–H and O–H groups in total. The number of ether oxygens (including phenoxy) is 1. The summed E-state index contributed by atoms with van der Waals surface area (Å²) in [6.45, 7) is 5.12. The number of likely N-dealkylation sites (tertiary alicyclic amines) is 1. The molecule has 1 aromatic heterocycles. The maximum atomic E-state index is 13.2. The largest absolute Gasteiger partial charge is 0.507 e. The molecule has 3 aromatic rings. The Labute approximate surface area is 211 Å². The molecule has 0 aliphatic carbocycles. The lowest BCUT2D eigenvalue weighted by Crippen LogP contribution is -2.40. The third kappa shape index (κ3) is 4.30. The SMILES string of the molecule is CCc1c(OC)ccc(C(=O)N2CCC(C3=NC(c4c(-c5ccccc5)noc4C)=CC3)CC2)c1O.